The number of rotatable bonds is 4. The summed E-state index contributed by atoms with van der Waals surface area (Å²) in [5.74, 6) is 0.189. The predicted octanol–water partition coefficient (Wildman–Crippen LogP) is 4.85. The highest BCUT2D eigenvalue weighted by atomic mass is 79.9. The molecule has 5 nitrogen and oxygen atoms in total. The molecular formula is C19H17BrN4O. The van der Waals surface area contributed by atoms with Crippen LogP contribution in [0.1, 0.15) is 21.5 Å². The van der Waals surface area contributed by atoms with Gasteiger partial charge in [0.05, 0.1) is 11.3 Å². The number of aryl methyl sites for hydroxylation is 2. The van der Waals surface area contributed by atoms with Gasteiger partial charge in [-0.2, -0.15) is 0 Å². The SMILES string of the molecule is Cc1ccc(NC(=O)c2cnc(Nc3ccccc3Br)nc2)c(C)c1. The van der Waals surface area contributed by atoms with E-state index < -0.39 is 0 Å². The number of nitrogens with one attached hydrogen (secondary N) is 2. The molecule has 0 aliphatic heterocycles. The highest BCUT2D eigenvalue weighted by Crippen LogP contribution is 2.23. The number of amides is 1. The number of anilines is 3. The van der Waals surface area contributed by atoms with Crippen LogP contribution in [0.25, 0.3) is 0 Å². The third kappa shape index (κ3) is 4.22. The number of carbonyl (C=O) groups excluding carboxylic acids is 1. The molecule has 0 unspecified atom stereocenters. The molecule has 0 atom stereocenters. The first kappa shape index (κ1) is 17.1. The van der Waals surface area contributed by atoms with Crippen LogP contribution in [-0.2, 0) is 0 Å². The average molecular weight is 397 g/mol. The molecule has 0 bridgehead atoms. The van der Waals surface area contributed by atoms with Crippen molar-refractivity contribution in [3.8, 4) is 0 Å². The Morgan fingerprint density at radius 3 is 2.40 bits per heavy atom. The summed E-state index contributed by atoms with van der Waals surface area (Å²) in [6.07, 6.45) is 3.01. The van der Waals surface area contributed by atoms with Crippen LogP contribution in [0, 0.1) is 13.8 Å². The Labute approximate surface area is 154 Å². The van der Waals surface area contributed by atoms with Gasteiger partial charge < -0.3 is 10.6 Å². The summed E-state index contributed by atoms with van der Waals surface area (Å²) in [6.45, 7) is 3.98. The molecule has 1 amide bonds. The Hall–Kier alpha value is -2.73. The first-order valence-corrected chi connectivity index (χ1v) is 8.54. The summed E-state index contributed by atoms with van der Waals surface area (Å²) in [4.78, 5) is 20.8. The zero-order chi connectivity index (χ0) is 17.8. The lowest BCUT2D eigenvalue weighted by molar-refractivity contribution is 0.102. The molecule has 2 aromatic carbocycles. The van der Waals surface area contributed by atoms with Crippen LogP contribution in [0.15, 0.2) is 59.3 Å². The summed E-state index contributed by atoms with van der Waals surface area (Å²) in [5, 5.41) is 5.99. The number of aromatic nitrogens is 2. The standard InChI is InChI=1S/C19H17BrN4O/c1-12-7-8-16(13(2)9-12)23-18(25)14-10-21-19(22-11-14)24-17-6-4-3-5-15(17)20/h3-11H,1-2H3,(H,23,25)(H,21,22,24). The van der Waals surface area contributed by atoms with Crippen LogP contribution in [-0.4, -0.2) is 15.9 Å². The molecule has 1 aromatic heterocycles. The maximum absolute atomic E-state index is 12.4. The largest absolute Gasteiger partial charge is 0.323 e. The Morgan fingerprint density at radius 1 is 1.00 bits per heavy atom. The Bertz CT molecular complexity index is 910. The molecule has 2 N–H and O–H groups in total. The van der Waals surface area contributed by atoms with Gasteiger partial charge in [-0.25, -0.2) is 9.97 Å². The number of halogens is 1. The third-order valence-electron chi connectivity index (χ3n) is 3.66. The van der Waals surface area contributed by atoms with Gasteiger partial charge in [-0.05, 0) is 53.5 Å². The van der Waals surface area contributed by atoms with Crippen LogP contribution < -0.4 is 10.6 Å². The maximum Gasteiger partial charge on any atom is 0.258 e. The van der Waals surface area contributed by atoms with Gasteiger partial charge in [0.25, 0.3) is 5.91 Å². The first-order valence-electron chi connectivity index (χ1n) is 7.75. The zero-order valence-corrected chi connectivity index (χ0v) is 15.5. The van der Waals surface area contributed by atoms with E-state index in [0.717, 1.165) is 27.0 Å². The van der Waals surface area contributed by atoms with E-state index in [1.165, 1.54) is 12.4 Å². The number of hydrogen-bond acceptors (Lipinski definition) is 4. The topological polar surface area (TPSA) is 66.9 Å². The van der Waals surface area contributed by atoms with Gasteiger partial charge in [0.15, 0.2) is 0 Å². The Balaban J connectivity index is 1.71. The van der Waals surface area contributed by atoms with Crippen molar-refractivity contribution in [2.24, 2.45) is 0 Å². The van der Waals surface area contributed by atoms with Crippen molar-refractivity contribution < 1.29 is 4.79 Å². The Morgan fingerprint density at radius 2 is 1.72 bits per heavy atom. The van der Waals surface area contributed by atoms with Crippen LogP contribution >= 0.6 is 15.9 Å². The molecule has 25 heavy (non-hydrogen) atoms. The number of para-hydroxylation sites is 1. The molecule has 126 valence electrons. The fourth-order valence-corrected chi connectivity index (χ4v) is 2.73. The summed E-state index contributed by atoms with van der Waals surface area (Å²) >= 11 is 3.46. The number of hydrogen-bond donors (Lipinski definition) is 2. The second kappa shape index (κ2) is 7.44. The smallest absolute Gasteiger partial charge is 0.258 e. The van der Waals surface area contributed by atoms with Crippen LogP contribution in [0.4, 0.5) is 17.3 Å². The van der Waals surface area contributed by atoms with Crippen molar-refractivity contribution in [2.45, 2.75) is 13.8 Å². The van der Waals surface area contributed by atoms with E-state index in [1.54, 1.807) is 0 Å². The van der Waals surface area contributed by atoms with E-state index in [9.17, 15) is 4.79 Å². The monoisotopic (exact) mass is 396 g/mol. The molecule has 0 saturated carbocycles. The van der Waals surface area contributed by atoms with Crippen molar-refractivity contribution in [3.63, 3.8) is 0 Å². The Kier molecular flexibility index (Phi) is 5.09. The van der Waals surface area contributed by atoms with Gasteiger partial charge in [-0.3, -0.25) is 4.79 Å². The highest BCUT2D eigenvalue weighted by Gasteiger charge is 2.10. The van der Waals surface area contributed by atoms with Crippen LogP contribution in [0.3, 0.4) is 0 Å². The summed E-state index contributed by atoms with van der Waals surface area (Å²) in [6, 6.07) is 13.6. The fourth-order valence-electron chi connectivity index (χ4n) is 2.34. The first-order chi connectivity index (χ1) is 12.0. The maximum atomic E-state index is 12.4. The van der Waals surface area contributed by atoms with E-state index in [2.05, 4.69) is 36.5 Å². The molecule has 6 heteroatoms. The minimum absolute atomic E-state index is 0.237. The van der Waals surface area contributed by atoms with E-state index in [1.807, 2.05) is 56.3 Å². The van der Waals surface area contributed by atoms with E-state index in [0.29, 0.717) is 11.5 Å². The van der Waals surface area contributed by atoms with Crippen LogP contribution in [0.2, 0.25) is 0 Å². The van der Waals surface area contributed by atoms with Gasteiger partial charge in [0, 0.05) is 22.6 Å². The lowest BCUT2D eigenvalue weighted by Gasteiger charge is -2.10. The fraction of sp³-hybridized carbons (Fsp3) is 0.105. The quantitative estimate of drug-likeness (QED) is 0.661. The molecule has 0 aliphatic rings. The molecule has 0 fully saturated rings. The molecule has 1 heterocycles. The molecule has 0 spiro atoms. The van der Waals surface area contributed by atoms with Crippen molar-refractivity contribution in [2.75, 3.05) is 10.6 Å². The second-order valence-electron chi connectivity index (χ2n) is 5.67. The average Bonchev–Trinajstić information content (AvgIpc) is 2.60. The van der Waals surface area contributed by atoms with Crippen molar-refractivity contribution in [1.82, 2.24) is 9.97 Å². The molecule has 0 radical (unpaired) electrons. The lowest BCUT2D eigenvalue weighted by Crippen LogP contribution is -2.14. The van der Waals surface area contributed by atoms with E-state index in [-0.39, 0.29) is 5.91 Å². The van der Waals surface area contributed by atoms with Crippen molar-refractivity contribution >= 4 is 39.2 Å². The van der Waals surface area contributed by atoms with Gasteiger partial charge in [0.1, 0.15) is 0 Å². The van der Waals surface area contributed by atoms with Gasteiger partial charge in [-0.1, -0.05) is 29.8 Å². The van der Waals surface area contributed by atoms with Crippen molar-refractivity contribution in [1.29, 1.82) is 0 Å². The zero-order valence-electron chi connectivity index (χ0n) is 13.9. The molecule has 3 rings (SSSR count). The van der Waals surface area contributed by atoms with Gasteiger partial charge in [0.2, 0.25) is 5.95 Å². The van der Waals surface area contributed by atoms with Crippen LogP contribution in [0.5, 0.6) is 0 Å². The normalized spacial score (nSPS) is 10.4. The molecule has 0 aliphatic carbocycles. The second-order valence-corrected chi connectivity index (χ2v) is 6.53. The number of benzene rings is 2. The number of carbonyl (C=O) groups is 1. The predicted molar refractivity (Wildman–Crippen MR) is 103 cm³/mol. The van der Waals surface area contributed by atoms with E-state index in [4.69, 9.17) is 0 Å². The summed E-state index contributed by atoms with van der Waals surface area (Å²) in [5.41, 5.74) is 4.21. The number of nitrogens with zero attached hydrogens (tertiary/aromatic N) is 2. The minimum atomic E-state index is -0.237. The van der Waals surface area contributed by atoms with E-state index >= 15 is 0 Å². The molecule has 3 aromatic rings. The highest BCUT2D eigenvalue weighted by molar-refractivity contribution is 9.10. The van der Waals surface area contributed by atoms with Gasteiger partial charge in [-0.15, -0.1) is 0 Å². The minimum Gasteiger partial charge on any atom is -0.323 e. The van der Waals surface area contributed by atoms with Gasteiger partial charge >= 0.3 is 0 Å². The lowest BCUT2D eigenvalue weighted by atomic mass is 10.1. The molecular weight excluding hydrogens is 380 g/mol. The van der Waals surface area contributed by atoms with Crippen molar-refractivity contribution in [3.05, 3.63) is 76.0 Å². The summed E-state index contributed by atoms with van der Waals surface area (Å²) < 4.78 is 0.912. The molecule has 0 saturated heterocycles. The third-order valence-corrected chi connectivity index (χ3v) is 4.36. The summed E-state index contributed by atoms with van der Waals surface area (Å²) in [7, 11) is 0.